The van der Waals surface area contributed by atoms with E-state index in [1.54, 1.807) is 30.0 Å². The third kappa shape index (κ3) is 5.18. The number of aromatic nitrogens is 1. The van der Waals surface area contributed by atoms with Gasteiger partial charge in [0.25, 0.3) is 11.5 Å². The van der Waals surface area contributed by atoms with E-state index >= 15 is 0 Å². The van der Waals surface area contributed by atoms with E-state index in [0.717, 1.165) is 18.4 Å². The number of nitrogens with one attached hydrogen (secondary N) is 1. The lowest BCUT2D eigenvalue weighted by atomic mass is 10.0. The van der Waals surface area contributed by atoms with Gasteiger partial charge in [-0.2, -0.15) is 5.26 Å². The van der Waals surface area contributed by atoms with E-state index in [1.165, 1.54) is 28.5 Å². The maximum atomic E-state index is 13.3. The number of hydrogen-bond acceptors (Lipinski definition) is 6. The SMILES string of the molecule is CCCCN1C(=O)/C(=C\c2c(C)c(C#N)c(=O)n(CC)c2NCc2ccc(F)cc2)SC1=S. The molecule has 33 heavy (non-hydrogen) atoms. The number of unbranched alkanes of at least 4 members (excludes halogenated alkanes) is 1. The number of pyridine rings is 1. The molecule has 172 valence electrons. The molecule has 1 aromatic carbocycles. The van der Waals surface area contributed by atoms with Crippen molar-refractivity contribution < 1.29 is 9.18 Å². The standard InChI is InChI=1S/C24H25FN4O2S2/c1-4-6-11-29-23(31)20(33-24(29)32)12-18-15(3)19(13-26)22(30)28(5-2)21(18)27-14-16-7-9-17(25)10-8-16/h7-10,12,27H,4-6,11,14H2,1-3H3/b20-12+. The first-order valence-corrected chi connectivity index (χ1v) is 12.0. The number of anilines is 1. The minimum atomic E-state index is -0.397. The molecule has 3 rings (SSSR count). The molecule has 0 aliphatic carbocycles. The van der Waals surface area contributed by atoms with E-state index in [1.807, 2.05) is 19.9 Å². The predicted molar refractivity (Wildman–Crippen MR) is 134 cm³/mol. The van der Waals surface area contributed by atoms with Gasteiger partial charge >= 0.3 is 0 Å². The maximum Gasteiger partial charge on any atom is 0.270 e. The van der Waals surface area contributed by atoms with Crippen LogP contribution >= 0.6 is 24.0 Å². The van der Waals surface area contributed by atoms with Crippen molar-refractivity contribution >= 4 is 46.1 Å². The molecule has 1 aromatic heterocycles. The fourth-order valence-electron chi connectivity index (χ4n) is 3.58. The molecule has 6 nitrogen and oxygen atoms in total. The van der Waals surface area contributed by atoms with Crippen molar-refractivity contribution in [3.05, 3.63) is 67.6 Å². The number of rotatable bonds is 8. The van der Waals surface area contributed by atoms with Crippen LogP contribution in [0.25, 0.3) is 6.08 Å². The first-order valence-electron chi connectivity index (χ1n) is 10.7. The number of hydrogen-bond donors (Lipinski definition) is 1. The van der Waals surface area contributed by atoms with Gasteiger partial charge in [-0.1, -0.05) is 49.5 Å². The van der Waals surface area contributed by atoms with Crippen LogP contribution in [-0.4, -0.2) is 26.2 Å². The Bertz CT molecular complexity index is 1210. The van der Waals surface area contributed by atoms with Gasteiger partial charge in [0.05, 0.1) is 4.91 Å². The van der Waals surface area contributed by atoms with Crippen molar-refractivity contribution in [3.8, 4) is 6.07 Å². The van der Waals surface area contributed by atoms with E-state index in [0.29, 0.717) is 45.8 Å². The molecule has 0 radical (unpaired) electrons. The first kappa shape index (κ1) is 24.7. The number of amides is 1. The third-order valence-electron chi connectivity index (χ3n) is 5.45. The summed E-state index contributed by atoms with van der Waals surface area (Å²) in [6.07, 6.45) is 3.50. The van der Waals surface area contributed by atoms with E-state index in [9.17, 15) is 19.2 Å². The Labute approximate surface area is 202 Å². The highest BCUT2D eigenvalue weighted by atomic mass is 32.2. The number of carbonyl (C=O) groups excluding carboxylic acids is 1. The lowest BCUT2D eigenvalue weighted by Crippen LogP contribution is -2.29. The molecule has 0 spiro atoms. The van der Waals surface area contributed by atoms with Crippen LogP contribution in [0.5, 0.6) is 0 Å². The molecule has 1 fully saturated rings. The quantitative estimate of drug-likeness (QED) is 0.428. The largest absolute Gasteiger partial charge is 0.367 e. The topological polar surface area (TPSA) is 78.1 Å². The molecule has 0 bridgehead atoms. The van der Waals surface area contributed by atoms with Crippen LogP contribution in [0.3, 0.4) is 0 Å². The van der Waals surface area contributed by atoms with Crippen molar-refractivity contribution in [3.63, 3.8) is 0 Å². The highest BCUT2D eigenvalue weighted by Gasteiger charge is 2.32. The smallest absolute Gasteiger partial charge is 0.270 e. The second-order valence-corrected chi connectivity index (χ2v) is 9.27. The monoisotopic (exact) mass is 484 g/mol. The molecule has 1 N–H and O–H groups in total. The van der Waals surface area contributed by atoms with E-state index in [2.05, 4.69) is 5.32 Å². The molecule has 1 aliphatic rings. The Hall–Kier alpha value is -2.96. The lowest BCUT2D eigenvalue weighted by Gasteiger charge is -2.19. The highest BCUT2D eigenvalue weighted by molar-refractivity contribution is 8.26. The minimum Gasteiger partial charge on any atom is -0.367 e. The number of thioether (sulfide) groups is 1. The summed E-state index contributed by atoms with van der Waals surface area (Å²) in [4.78, 5) is 28.0. The van der Waals surface area contributed by atoms with Crippen LogP contribution in [0, 0.1) is 24.1 Å². The van der Waals surface area contributed by atoms with Gasteiger partial charge in [-0.15, -0.1) is 0 Å². The number of thiocarbonyl (C=S) groups is 1. The third-order valence-corrected chi connectivity index (χ3v) is 6.83. The lowest BCUT2D eigenvalue weighted by molar-refractivity contribution is -0.122. The van der Waals surface area contributed by atoms with Gasteiger partial charge in [-0.05, 0) is 49.6 Å². The van der Waals surface area contributed by atoms with Crippen molar-refractivity contribution in [1.29, 1.82) is 5.26 Å². The summed E-state index contributed by atoms with van der Waals surface area (Å²) in [6, 6.07) is 8.07. The van der Waals surface area contributed by atoms with Gasteiger partial charge < -0.3 is 5.32 Å². The van der Waals surface area contributed by atoms with Crippen LogP contribution < -0.4 is 10.9 Å². The molecule has 1 saturated heterocycles. The number of nitrogens with zero attached hydrogens (tertiary/aromatic N) is 3. The van der Waals surface area contributed by atoms with Crippen molar-refractivity contribution in [2.45, 2.75) is 46.7 Å². The Morgan fingerprint density at radius 1 is 1.24 bits per heavy atom. The zero-order valence-electron chi connectivity index (χ0n) is 18.8. The second kappa shape index (κ2) is 10.8. The number of nitriles is 1. The molecule has 0 unspecified atom stereocenters. The Morgan fingerprint density at radius 2 is 1.94 bits per heavy atom. The van der Waals surface area contributed by atoms with Crippen molar-refractivity contribution in [2.24, 2.45) is 0 Å². The van der Waals surface area contributed by atoms with Gasteiger partial charge in [-0.25, -0.2) is 4.39 Å². The molecule has 0 saturated carbocycles. The van der Waals surface area contributed by atoms with Gasteiger partial charge in [0.1, 0.15) is 27.6 Å². The van der Waals surface area contributed by atoms with Gasteiger partial charge in [0.15, 0.2) is 0 Å². The van der Waals surface area contributed by atoms with Crippen LogP contribution in [0.1, 0.15) is 48.9 Å². The Morgan fingerprint density at radius 3 is 2.55 bits per heavy atom. The summed E-state index contributed by atoms with van der Waals surface area (Å²) in [6.45, 7) is 6.79. The van der Waals surface area contributed by atoms with Crippen LogP contribution in [0.4, 0.5) is 10.2 Å². The average molecular weight is 485 g/mol. The molecular weight excluding hydrogens is 459 g/mol. The molecule has 1 amide bonds. The predicted octanol–water partition coefficient (Wildman–Crippen LogP) is 4.80. The average Bonchev–Trinajstić information content (AvgIpc) is 3.06. The summed E-state index contributed by atoms with van der Waals surface area (Å²) in [5.41, 5.74) is 1.55. The Balaban J connectivity index is 2.09. The molecule has 1 aliphatic heterocycles. The van der Waals surface area contributed by atoms with Gasteiger partial charge in [0, 0.05) is 25.2 Å². The summed E-state index contributed by atoms with van der Waals surface area (Å²) >= 11 is 6.63. The number of benzene rings is 1. The van der Waals surface area contributed by atoms with E-state index < -0.39 is 5.56 Å². The maximum absolute atomic E-state index is 13.3. The zero-order valence-corrected chi connectivity index (χ0v) is 20.4. The molecule has 2 heterocycles. The molecule has 2 aromatic rings. The summed E-state index contributed by atoms with van der Waals surface area (Å²) in [7, 11) is 0. The molecular formula is C24H25FN4O2S2. The fourth-order valence-corrected chi connectivity index (χ4v) is 4.87. The summed E-state index contributed by atoms with van der Waals surface area (Å²) in [5, 5.41) is 12.9. The Kier molecular flexibility index (Phi) is 8.06. The van der Waals surface area contributed by atoms with Crippen molar-refractivity contribution in [2.75, 3.05) is 11.9 Å². The van der Waals surface area contributed by atoms with Gasteiger partial charge in [-0.3, -0.25) is 19.1 Å². The normalized spacial score (nSPS) is 14.8. The fraction of sp³-hybridized carbons (Fsp3) is 0.333. The van der Waals surface area contributed by atoms with E-state index in [4.69, 9.17) is 12.2 Å². The van der Waals surface area contributed by atoms with Crippen LogP contribution in [0.15, 0.2) is 34.0 Å². The van der Waals surface area contributed by atoms with Crippen LogP contribution in [0.2, 0.25) is 0 Å². The molecule has 9 heteroatoms. The highest BCUT2D eigenvalue weighted by Crippen LogP contribution is 2.35. The summed E-state index contributed by atoms with van der Waals surface area (Å²) in [5.74, 6) is 0.00136. The second-order valence-electron chi connectivity index (χ2n) is 7.59. The number of carbonyl (C=O) groups is 1. The summed E-state index contributed by atoms with van der Waals surface area (Å²) < 4.78 is 15.3. The van der Waals surface area contributed by atoms with E-state index in [-0.39, 0.29) is 17.3 Å². The first-order chi connectivity index (χ1) is 15.8. The van der Waals surface area contributed by atoms with Crippen molar-refractivity contribution in [1.82, 2.24) is 9.47 Å². The minimum absolute atomic E-state index is 0.0388. The van der Waals surface area contributed by atoms with Crippen LogP contribution in [-0.2, 0) is 17.9 Å². The number of halogens is 1. The zero-order chi connectivity index (χ0) is 24.1. The molecule has 0 atom stereocenters. The van der Waals surface area contributed by atoms with Gasteiger partial charge in [0.2, 0.25) is 0 Å².